The number of aromatic carboxylic acids is 1. The summed E-state index contributed by atoms with van der Waals surface area (Å²) in [5.74, 6) is -0.206. The molecule has 3 rings (SSSR count). The van der Waals surface area contributed by atoms with E-state index in [0.717, 1.165) is 35.7 Å². The second-order valence-electron chi connectivity index (χ2n) is 6.10. The number of carboxylic acids is 1. The van der Waals surface area contributed by atoms with Crippen molar-refractivity contribution >= 4 is 5.97 Å². The molecule has 5 heteroatoms. The van der Waals surface area contributed by atoms with Crippen molar-refractivity contribution in [3.8, 4) is 11.3 Å². The van der Waals surface area contributed by atoms with Crippen LogP contribution in [0.3, 0.4) is 0 Å². The Hall–Kier alpha value is -2.27. The van der Waals surface area contributed by atoms with Crippen LogP contribution in [0.15, 0.2) is 30.3 Å². The molecule has 2 aromatic rings. The predicted molar refractivity (Wildman–Crippen MR) is 88.4 cm³/mol. The number of aromatic nitrogens is 2. The molecular weight excluding hydrogens is 290 g/mol. The van der Waals surface area contributed by atoms with Crippen LogP contribution in [-0.2, 0) is 0 Å². The maximum atomic E-state index is 11.2. The van der Waals surface area contributed by atoms with Crippen LogP contribution in [0.5, 0.6) is 0 Å². The Kier molecular flexibility index (Phi) is 4.39. The van der Waals surface area contributed by atoms with E-state index in [-0.39, 0.29) is 5.56 Å². The molecular formula is C18H21N3O2. The highest BCUT2D eigenvalue weighted by molar-refractivity contribution is 5.89. The van der Waals surface area contributed by atoms with Crippen LogP contribution in [0.4, 0.5) is 0 Å². The van der Waals surface area contributed by atoms with Gasteiger partial charge in [0.25, 0.3) is 0 Å². The molecule has 120 valence electrons. The largest absolute Gasteiger partial charge is 0.478 e. The Morgan fingerprint density at radius 1 is 1.26 bits per heavy atom. The van der Waals surface area contributed by atoms with Crippen molar-refractivity contribution in [3.05, 3.63) is 47.4 Å². The molecule has 0 bridgehead atoms. The summed E-state index contributed by atoms with van der Waals surface area (Å²) < 4.78 is 0. The van der Waals surface area contributed by atoms with E-state index in [4.69, 9.17) is 5.11 Å². The highest BCUT2D eigenvalue weighted by Gasteiger charge is 2.23. The van der Waals surface area contributed by atoms with Crippen molar-refractivity contribution < 1.29 is 9.90 Å². The molecule has 1 aliphatic heterocycles. The van der Waals surface area contributed by atoms with E-state index in [0.29, 0.717) is 6.04 Å². The van der Waals surface area contributed by atoms with Gasteiger partial charge in [0.1, 0.15) is 5.82 Å². The molecule has 0 amide bonds. The molecule has 1 aromatic heterocycles. The lowest BCUT2D eigenvalue weighted by Gasteiger charge is -2.32. The summed E-state index contributed by atoms with van der Waals surface area (Å²) in [5, 5.41) is 9.16. The summed E-state index contributed by atoms with van der Waals surface area (Å²) in [6.45, 7) is 2.97. The van der Waals surface area contributed by atoms with Crippen LogP contribution in [0.1, 0.15) is 47.2 Å². The van der Waals surface area contributed by atoms with E-state index in [1.165, 1.54) is 12.8 Å². The fourth-order valence-electron chi connectivity index (χ4n) is 3.17. The number of nitrogens with zero attached hydrogens (tertiary/aromatic N) is 3. The van der Waals surface area contributed by atoms with Gasteiger partial charge in [0.2, 0.25) is 0 Å². The summed E-state index contributed by atoms with van der Waals surface area (Å²) in [7, 11) is 2.13. The lowest BCUT2D eigenvalue weighted by molar-refractivity contribution is 0.0697. The van der Waals surface area contributed by atoms with E-state index in [1.54, 1.807) is 18.2 Å². The molecule has 1 N–H and O–H groups in total. The first-order valence-electron chi connectivity index (χ1n) is 7.94. The third-order valence-electron chi connectivity index (χ3n) is 4.37. The van der Waals surface area contributed by atoms with E-state index in [1.807, 2.05) is 19.1 Å². The Bertz CT molecular complexity index is 730. The molecule has 0 spiro atoms. The van der Waals surface area contributed by atoms with Gasteiger partial charge in [-0.05, 0) is 51.6 Å². The SMILES string of the molecule is Cc1nc(-c2cccc(C(=O)O)c2)cc([C@H]2CCCCN2C)n1. The van der Waals surface area contributed by atoms with E-state index in [2.05, 4.69) is 21.9 Å². The number of aryl methyl sites for hydroxylation is 1. The summed E-state index contributed by atoms with van der Waals surface area (Å²) in [6.07, 6.45) is 3.54. The molecule has 5 nitrogen and oxygen atoms in total. The number of benzene rings is 1. The minimum Gasteiger partial charge on any atom is -0.478 e. The van der Waals surface area contributed by atoms with Crippen molar-refractivity contribution in [2.75, 3.05) is 13.6 Å². The van der Waals surface area contributed by atoms with Gasteiger partial charge in [-0.15, -0.1) is 0 Å². The van der Waals surface area contributed by atoms with Gasteiger partial charge in [0, 0.05) is 5.56 Å². The van der Waals surface area contributed by atoms with Crippen molar-refractivity contribution in [3.63, 3.8) is 0 Å². The van der Waals surface area contributed by atoms with Crippen molar-refractivity contribution in [1.29, 1.82) is 0 Å². The first kappa shape index (κ1) is 15.6. The van der Waals surface area contributed by atoms with Crippen molar-refractivity contribution in [2.45, 2.75) is 32.2 Å². The summed E-state index contributed by atoms with van der Waals surface area (Å²) in [6, 6.07) is 9.21. The summed E-state index contributed by atoms with van der Waals surface area (Å²) in [4.78, 5) is 22.6. The van der Waals surface area contributed by atoms with Gasteiger partial charge in [-0.1, -0.05) is 18.6 Å². The number of piperidine rings is 1. The molecule has 1 aromatic carbocycles. The summed E-state index contributed by atoms with van der Waals surface area (Å²) >= 11 is 0. The van der Waals surface area contributed by atoms with Crippen LogP contribution in [0.25, 0.3) is 11.3 Å². The molecule has 23 heavy (non-hydrogen) atoms. The fourth-order valence-corrected chi connectivity index (χ4v) is 3.17. The minimum atomic E-state index is -0.926. The van der Waals surface area contributed by atoms with Gasteiger partial charge in [0.15, 0.2) is 0 Å². The van der Waals surface area contributed by atoms with Crippen LogP contribution in [0.2, 0.25) is 0 Å². The first-order chi connectivity index (χ1) is 11.0. The fraction of sp³-hybridized carbons (Fsp3) is 0.389. The van der Waals surface area contributed by atoms with Crippen molar-refractivity contribution in [1.82, 2.24) is 14.9 Å². The van der Waals surface area contributed by atoms with Gasteiger partial charge in [0.05, 0.1) is 23.0 Å². The molecule has 0 aliphatic carbocycles. The number of carboxylic acid groups (broad SMARTS) is 1. The van der Waals surface area contributed by atoms with Crippen molar-refractivity contribution in [2.24, 2.45) is 0 Å². The van der Waals surface area contributed by atoms with Gasteiger partial charge < -0.3 is 5.11 Å². The normalized spacial score (nSPS) is 18.8. The smallest absolute Gasteiger partial charge is 0.335 e. The highest BCUT2D eigenvalue weighted by Crippen LogP contribution is 2.30. The number of hydrogen-bond donors (Lipinski definition) is 1. The minimum absolute atomic E-state index is 0.273. The zero-order chi connectivity index (χ0) is 16.4. The average Bonchev–Trinajstić information content (AvgIpc) is 2.55. The number of hydrogen-bond acceptors (Lipinski definition) is 4. The number of carbonyl (C=O) groups is 1. The third-order valence-corrected chi connectivity index (χ3v) is 4.37. The zero-order valence-electron chi connectivity index (χ0n) is 13.5. The zero-order valence-corrected chi connectivity index (χ0v) is 13.5. The molecule has 1 saturated heterocycles. The predicted octanol–water partition coefficient (Wildman–Crippen LogP) is 3.31. The molecule has 1 atom stereocenters. The Labute approximate surface area is 136 Å². The van der Waals surface area contributed by atoms with E-state index >= 15 is 0 Å². The number of rotatable bonds is 3. The van der Waals surface area contributed by atoms with Crippen LogP contribution in [-0.4, -0.2) is 39.5 Å². The van der Waals surface area contributed by atoms with E-state index in [9.17, 15) is 4.79 Å². The van der Waals surface area contributed by atoms with Gasteiger partial charge in [-0.3, -0.25) is 4.90 Å². The van der Waals surface area contributed by atoms with Crippen LogP contribution < -0.4 is 0 Å². The highest BCUT2D eigenvalue weighted by atomic mass is 16.4. The van der Waals surface area contributed by atoms with E-state index < -0.39 is 5.97 Å². The number of likely N-dealkylation sites (tertiary alicyclic amines) is 1. The second-order valence-corrected chi connectivity index (χ2v) is 6.10. The molecule has 1 fully saturated rings. The quantitative estimate of drug-likeness (QED) is 0.942. The van der Waals surface area contributed by atoms with Gasteiger partial charge >= 0.3 is 5.97 Å². The lowest BCUT2D eigenvalue weighted by atomic mass is 9.98. The Morgan fingerprint density at radius 2 is 2.09 bits per heavy atom. The second kappa shape index (κ2) is 6.46. The standard InChI is InChI=1S/C18H21N3O2/c1-12-19-15(13-6-5-7-14(10-13)18(22)23)11-16(20-12)17-8-3-4-9-21(17)2/h5-7,10-11,17H,3-4,8-9H2,1-2H3,(H,22,23)/t17-/m1/s1. The Morgan fingerprint density at radius 3 is 2.83 bits per heavy atom. The van der Waals surface area contributed by atoms with Gasteiger partial charge in [-0.25, -0.2) is 14.8 Å². The average molecular weight is 311 g/mol. The van der Waals surface area contributed by atoms with Crippen LogP contribution in [0, 0.1) is 6.92 Å². The maximum absolute atomic E-state index is 11.2. The lowest BCUT2D eigenvalue weighted by Crippen LogP contribution is -2.30. The molecule has 0 saturated carbocycles. The topological polar surface area (TPSA) is 66.3 Å². The van der Waals surface area contributed by atoms with Crippen LogP contribution >= 0.6 is 0 Å². The van der Waals surface area contributed by atoms with Gasteiger partial charge in [-0.2, -0.15) is 0 Å². The molecule has 2 heterocycles. The maximum Gasteiger partial charge on any atom is 0.335 e. The molecule has 1 aliphatic rings. The first-order valence-corrected chi connectivity index (χ1v) is 7.94. The monoisotopic (exact) mass is 311 g/mol. The third kappa shape index (κ3) is 3.40. The molecule has 0 unspecified atom stereocenters. The Balaban J connectivity index is 2.00. The summed E-state index contributed by atoms with van der Waals surface area (Å²) in [5.41, 5.74) is 2.90. The molecule has 0 radical (unpaired) electrons.